The smallest absolute Gasteiger partial charge is 0.420 e. The Morgan fingerprint density at radius 1 is 0.778 bits per heavy atom. The Labute approximate surface area is 203 Å². The Bertz CT molecular complexity index is 994. The van der Waals surface area contributed by atoms with Crippen molar-refractivity contribution in [1.29, 1.82) is 0 Å². The molecule has 1 aliphatic heterocycles. The zero-order valence-electron chi connectivity index (χ0n) is 19.1. The molecule has 2 aliphatic rings. The topological polar surface area (TPSA) is 71.6 Å². The normalized spacial score (nSPS) is 18.8. The molecule has 1 atom stereocenters. The molecule has 1 saturated heterocycles. The van der Waals surface area contributed by atoms with Gasteiger partial charge in [-0.2, -0.15) is 26.3 Å². The van der Waals surface area contributed by atoms with E-state index >= 15 is 0 Å². The number of nitrogens with one attached hydrogen (secondary N) is 3. The molecule has 3 N–H and O–H groups in total. The summed E-state index contributed by atoms with van der Waals surface area (Å²) in [6, 6.07) is 5.15. The van der Waals surface area contributed by atoms with Crippen molar-refractivity contribution in [1.82, 2.24) is 5.32 Å². The molecular weight excluding hydrogens is 492 g/mol. The summed E-state index contributed by atoms with van der Waals surface area (Å²) in [7, 11) is 0. The SMILES string of the molecule is O=C(Nc1ccc(OC2CCCC2)c(C(F)(F)F)c1)Nc1ccc(O[C@@H]2CCNC2)c(C(F)(F)F)c1. The van der Waals surface area contributed by atoms with Gasteiger partial charge < -0.3 is 25.4 Å². The maximum Gasteiger partial charge on any atom is 0.420 e. The lowest BCUT2D eigenvalue weighted by atomic mass is 10.1. The second-order valence-electron chi connectivity index (χ2n) is 8.75. The van der Waals surface area contributed by atoms with E-state index in [0.717, 1.165) is 37.1 Å². The van der Waals surface area contributed by atoms with Crippen LogP contribution in [0, 0.1) is 0 Å². The van der Waals surface area contributed by atoms with Gasteiger partial charge in [0.05, 0.1) is 17.2 Å². The zero-order valence-corrected chi connectivity index (χ0v) is 19.1. The third kappa shape index (κ3) is 6.54. The van der Waals surface area contributed by atoms with E-state index in [4.69, 9.17) is 9.47 Å². The minimum Gasteiger partial charge on any atom is -0.490 e. The molecule has 2 amide bonds. The first-order valence-corrected chi connectivity index (χ1v) is 11.5. The predicted molar refractivity (Wildman–Crippen MR) is 120 cm³/mol. The number of amides is 2. The Morgan fingerprint density at radius 2 is 1.28 bits per heavy atom. The molecule has 0 unspecified atom stereocenters. The average molecular weight is 517 g/mol. The van der Waals surface area contributed by atoms with Crippen LogP contribution in [0.5, 0.6) is 11.5 Å². The molecule has 196 valence electrons. The van der Waals surface area contributed by atoms with Crippen molar-refractivity contribution in [2.24, 2.45) is 0 Å². The standard InChI is InChI=1S/C24H25F6N3O3/c25-23(26,27)18-11-14(5-7-20(18)35-16-3-1-2-4-16)32-22(34)33-15-6-8-21(19(12-15)24(28,29)30)36-17-9-10-31-13-17/h5-8,11-12,16-17,31H,1-4,9-10,13H2,(H2,32,33,34)/t17-/m1/s1. The maximum atomic E-state index is 13.6. The Balaban J connectivity index is 1.47. The summed E-state index contributed by atoms with van der Waals surface area (Å²) in [6.45, 7) is 1.06. The predicted octanol–water partition coefficient (Wildman–Crippen LogP) is 6.43. The van der Waals surface area contributed by atoms with E-state index in [9.17, 15) is 31.1 Å². The van der Waals surface area contributed by atoms with Crippen LogP contribution in [0.1, 0.15) is 43.2 Å². The van der Waals surface area contributed by atoms with Crippen LogP contribution >= 0.6 is 0 Å². The Morgan fingerprint density at radius 3 is 1.72 bits per heavy atom. The fourth-order valence-electron chi connectivity index (χ4n) is 4.25. The van der Waals surface area contributed by atoms with Gasteiger partial charge in [-0.1, -0.05) is 0 Å². The molecule has 0 spiro atoms. The van der Waals surface area contributed by atoms with Gasteiger partial charge in [0.2, 0.25) is 0 Å². The third-order valence-corrected chi connectivity index (χ3v) is 5.99. The summed E-state index contributed by atoms with van der Waals surface area (Å²) in [5, 5.41) is 7.45. The summed E-state index contributed by atoms with van der Waals surface area (Å²) >= 11 is 0. The van der Waals surface area contributed by atoms with Crippen molar-refractivity contribution in [2.75, 3.05) is 23.7 Å². The molecule has 12 heteroatoms. The lowest BCUT2D eigenvalue weighted by Gasteiger charge is -2.20. The second-order valence-corrected chi connectivity index (χ2v) is 8.75. The van der Waals surface area contributed by atoms with Crippen LogP contribution in [0.3, 0.4) is 0 Å². The zero-order chi connectivity index (χ0) is 25.9. The molecule has 36 heavy (non-hydrogen) atoms. The molecule has 1 saturated carbocycles. The largest absolute Gasteiger partial charge is 0.490 e. The number of anilines is 2. The van der Waals surface area contributed by atoms with Crippen molar-refractivity contribution < 1.29 is 40.6 Å². The van der Waals surface area contributed by atoms with Crippen molar-refractivity contribution in [3.05, 3.63) is 47.5 Å². The fraction of sp³-hybridized carbons (Fsp3) is 0.458. The molecule has 2 aromatic rings. The van der Waals surface area contributed by atoms with Gasteiger partial charge in [-0.3, -0.25) is 0 Å². The van der Waals surface area contributed by atoms with Gasteiger partial charge in [-0.05, 0) is 75.0 Å². The highest BCUT2D eigenvalue weighted by atomic mass is 19.4. The molecule has 4 rings (SSSR count). The number of hydrogen-bond acceptors (Lipinski definition) is 4. The number of urea groups is 1. The van der Waals surface area contributed by atoms with Gasteiger partial charge in [0.25, 0.3) is 0 Å². The lowest BCUT2D eigenvalue weighted by molar-refractivity contribution is -0.140. The number of carbonyl (C=O) groups is 1. The molecule has 2 aromatic carbocycles. The Hall–Kier alpha value is -3.15. The summed E-state index contributed by atoms with van der Waals surface area (Å²) < 4.78 is 92.5. The molecule has 1 aliphatic carbocycles. The van der Waals surface area contributed by atoms with Gasteiger partial charge in [0.1, 0.15) is 17.6 Å². The van der Waals surface area contributed by atoms with E-state index in [0.29, 0.717) is 32.4 Å². The number of carbonyl (C=O) groups excluding carboxylic acids is 1. The highest BCUT2D eigenvalue weighted by Gasteiger charge is 2.37. The number of rotatable bonds is 6. The van der Waals surface area contributed by atoms with Crippen molar-refractivity contribution in [2.45, 2.75) is 56.7 Å². The second kappa shape index (κ2) is 10.5. The highest BCUT2D eigenvalue weighted by Crippen LogP contribution is 2.40. The first-order valence-electron chi connectivity index (χ1n) is 11.5. The van der Waals surface area contributed by atoms with E-state index in [1.165, 1.54) is 12.1 Å². The van der Waals surface area contributed by atoms with Crippen molar-refractivity contribution in [3.63, 3.8) is 0 Å². The quantitative estimate of drug-likeness (QED) is 0.386. The van der Waals surface area contributed by atoms with Gasteiger partial charge in [0, 0.05) is 17.9 Å². The molecule has 2 fully saturated rings. The number of benzene rings is 2. The van der Waals surface area contributed by atoms with Gasteiger partial charge in [0.15, 0.2) is 0 Å². The van der Waals surface area contributed by atoms with Crippen LogP contribution in [0.25, 0.3) is 0 Å². The van der Waals surface area contributed by atoms with Crippen LogP contribution < -0.4 is 25.4 Å². The first-order chi connectivity index (χ1) is 17.0. The van der Waals surface area contributed by atoms with E-state index in [-0.39, 0.29) is 29.0 Å². The molecule has 0 aromatic heterocycles. The van der Waals surface area contributed by atoms with Gasteiger partial charge in [-0.15, -0.1) is 0 Å². The van der Waals surface area contributed by atoms with E-state index in [1.807, 2.05) is 0 Å². The molecule has 0 radical (unpaired) electrons. The van der Waals surface area contributed by atoms with Crippen LogP contribution in [-0.2, 0) is 12.4 Å². The monoisotopic (exact) mass is 517 g/mol. The van der Waals surface area contributed by atoms with Gasteiger partial charge >= 0.3 is 18.4 Å². The number of halogens is 6. The molecule has 0 bridgehead atoms. The number of alkyl halides is 6. The minimum absolute atomic E-state index is 0.191. The summed E-state index contributed by atoms with van der Waals surface area (Å²) in [4.78, 5) is 12.4. The maximum absolute atomic E-state index is 13.6. The van der Waals surface area contributed by atoms with Crippen LogP contribution in [0.2, 0.25) is 0 Å². The van der Waals surface area contributed by atoms with E-state index in [1.54, 1.807) is 0 Å². The fourth-order valence-corrected chi connectivity index (χ4v) is 4.25. The molecular formula is C24H25F6N3O3. The number of ether oxygens (including phenoxy) is 2. The molecule has 6 nitrogen and oxygen atoms in total. The van der Waals surface area contributed by atoms with Crippen LogP contribution in [0.4, 0.5) is 42.5 Å². The minimum atomic E-state index is -4.74. The number of hydrogen-bond donors (Lipinski definition) is 3. The first kappa shape index (κ1) is 25.9. The Kier molecular flexibility index (Phi) is 7.53. The summed E-state index contributed by atoms with van der Waals surface area (Å²) in [5.41, 5.74) is -2.51. The molecule has 1 heterocycles. The highest BCUT2D eigenvalue weighted by molar-refractivity contribution is 6.00. The lowest BCUT2D eigenvalue weighted by Crippen LogP contribution is -2.22. The van der Waals surface area contributed by atoms with Crippen LogP contribution in [0.15, 0.2) is 36.4 Å². The van der Waals surface area contributed by atoms with E-state index < -0.39 is 35.6 Å². The van der Waals surface area contributed by atoms with Gasteiger partial charge in [-0.25, -0.2) is 4.79 Å². The summed E-state index contributed by atoms with van der Waals surface area (Å²) in [6.07, 6.45) is -6.52. The van der Waals surface area contributed by atoms with E-state index in [2.05, 4.69) is 16.0 Å². The third-order valence-electron chi connectivity index (χ3n) is 5.99. The average Bonchev–Trinajstić information content (AvgIpc) is 3.49. The van der Waals surface area contributed by atoms with Crippen molar-refractivity contribution in [3.8, 4) is 11.5 Å². The van der Waals surface area contributed by atoms with Crippen molar-refractivity contribution >= 4 is 17.4 Å². The van der Waals surface area contributed by atoms with Crippen LogP contribution in [-0.4, -0.2) is 31.3 Å². The summed E-state index contributed by atoms with van der Waals surface area (Å²) in [5.74, 6) is -0.696.